The Hall–Kier alpha value is -0.220. The number of rotatable bonds is 3. The first-order valence-electron chi connectivity index (χ1n) is 4.73. The first-order chi connectivity index (χ1) is 6.14. The van der Waals surface area contributed by atoms with E-state index in [0.29, 0.717) is 12.0 Å². The van der Waals surface area contributed by atoms with E-state index in [4.69, 9.17) is 5.11 Å². The Kier molecular flexibility index (Phi) is 2.28. The number of hydrogen-bond acceptors (Lipinski definition) is 3. The van der Waals surface area contributed by atoms with E-state index in [-0.39, 0.29) is 0 Å². The largest absolute Gasteiger partial charge is 0.480 e. The number of carboxylic acids is 1. The lowest BCUT2D eigenvalue weighted by atomic mass is 9.99. The zero-order chi connectivity index (χ0) is 9.47. The minimum atomic E-state index is -0.670. The second kappa shape index (κ2) is 3.17. The van der Waals surface area contributed by atoms with Crippen molar-refractivity contribution in [3.8, 4) is 0 Å². The van der Waals surface area contributed by atoms with Crippen molar-refractivity contribution in [3.05, 3.63) is 0 Å². The van der Waals surface area contributed by atoms with E-state index in [0.717, 1.165) is 24.3 Å². The molecular formula is C9H15NO2S. The van der Waals surface area contributed by atoms with Gasteiger partial charge in [0.15, 0.2) is 0 Å². The normalized spacial score (nSPS) is 43.5. The fourth-order valence-electron chi connectivity index (χ4n) is 1.79. The molecule has 4 heteroatoms. The quantitative estimate of drug-likeness (QED) is 0.713. The van der Waals surface area contributed by atoms with E-state index in [2.05, 4.69) is 12.2 Å². The van der Waals surface area contributed by atoms with E-state index < -0.39 is 11.5 Å². The molecule has 2 fully saturated rings. The van der Waals surface area contributed by atoms with Crippen LogP contribution in [0, 0.1) is 5.92 Å². The lowest BCUT2D eigenvalue weighted by Crippen LogP contribution is -2.53. The van der Waals surface area contributed by atoms with Gasteiger partial charge in [0.25, 0.3) is 0 Å². The highest BCUT2D eigenvalue weighted by Crippen LogP contribution is 2.36. The highest BCUT2D eigenvalue weighted by atomic mass is 32.2. The van der Waals surface area contributed by atoms with Crippen LogP contribution in [0.3, 0.4) is 0 Å². The number of thioether (sulfide) groups is 1. The fraction of sp³-hybridized carbons (Fsp3) is 0.889. The Morgan fingerprint density at radius 3 is 2.77 bits per heavy atom. The van der Waals surface area contributed by atoms with Gasteiger partial charge in [0.1, 0.15) is 5.54 Å². The summed E-state index contributed by atoms with van der Waals surface area (Å²) in [4.78, 5) is 11.1. The number of aliphatic carboxylic acids is 1. The standard InChI is InChI=1S/C9H15NO2S/c1-6-4-7(6)10-9(8(11)12)2-3-13-5-9/h6-7,10H,2-5H2,1H3,(H,11,12). The molecule has 1 saturated heterocycles. The summed E-state index contributed by atoms with van der Waals surface area (Å²) < 4.78 is 0. The van der Waals surface area contributed by atoms with Gasteiger partial charge in [0.2, 0.25) is 0 Å². The second-order valence-electron chi connectivity index (χ2n) is 4.15. The van der Waals surface area contributed by atoms with Gasteiger partial charge in [-0.2, -0.15) is 11.8 Å². The van der Waals surface area contributed by atoms with Crippen molar-refractivity contribution >= 4 is 17.7 Å². The van der Waals surface area contributed by atoms with E-state index in [1.165, 1.54) is 0 Å². The van der Waals surface area contributed by atoms with Gasteiger partial charge in [-0.15, -0.1) is 0 Å². The van der Waals surface area contributed by atoms with Crippen molar-refractivity contribution in [2.45, 2.75) is 31.3 Å². The van der Waals surface area contributed by atoms with Crippen LogP contribution in [-0.4, -0.2) is 34.2 Å². The lowest BCUT2D eigenvalue weighted by Gasteiger charge is -2.24. The maximum atomic E-state index is 11.1. The molecule has 13 heavy (non-hydrogen) atoms. The zero-order valence-corrected chi connectivity index (χ0v) is 8.56. The summed E-state index contributed by atoms with van der Waals surface area (Å²) in [5.74, 6) is 1.70. The molecule has 3 unspecified atom stereocenters. The average Bonchev–Trinajstić information content (AvgIpc) is 2.61. The molecule has 0 aromatic heterocycles. The van der Waals surface area contributed by atoms with Gasteiger partial charge in [-0.05, 0) is 24.5 Å². The molecule has 0 spiro atoms. The van der Waals surface area contributed by atoms with E-state index in [1.807, 2.05) is 0 Å². The highest BCUT2D eigenvalue weighted by Gasteiger charge is 2.47. The SMILES string of the molecule is CC1CC1NC1(C(=O)O)CCSC1. The summed E-state index contributed by atoms with van der Waals surface area (Å²) in [6.07, 6.45) is 1.91. The zero-order valence-electron chi connectivity index (χ0n) is 7.75. The van der Waals surface area contributed by atoms with Crippen LogP contribution in [0.1, 0.15) is 19.8 Å². The molecule has 0 radical (unpaired) electrons. The molecule has 0 bridgehead atoms. The van der Waals surface area contributed by atoms with Crippen molar-refractivity contribution in [1.29, 1.82) is 0 Å². The lowest BCUT2D eigenvalue weighted by molar-refractivity contribution is -0.143. The van der Waals surface area contributed by atoms with Gasteiger partial charge in [0.05, 0.1) is 0 Å². The molecule has 2 N–H and O–H groups in total. The minimum absolute atomic E-state index is 0.454. The van der Waals surface area contributed by atoms with E-state index >= 15 is 0 Å². The van der Waals surface area contributed by atoms with Gasteiger partial charge in [-0.1, -0.05) is 6.92 Å². The first kappa shape index (κ1) is 9.34. The Bertz CT molecular complexity index is 226. The Labute approximate surface area is 82.3 Å². The summed E-state index contributed by atoms with van der Waals surface area (Å²) in [7, 11) is 0. The molecule has 3 nitrogen and oxygen atoms in total. The molecule has 1 aliphatic heterocycles. The number of carboxylic acid groups (broad SMARTS) is 1. The van der Waals surface area contributed by atoms with E-state index in [1.54, 1.807) is 11.8 Å². The molecule has 1 aliphatic carbocycles. The molecule has 0 amide bonds. The molecule has 1 heterocycles. The maximum Gasteiger partial charge on any atom is 0.324 e. The van der Waals surface area contributed by atoms with Crippen molar-refractivity contribution in [1.82, 2.24) is 5.32 Å². The van der Waals surface area contributed by atoms with Crippen molar-refractivity contribution in [2.75, 3.05) is 11.5 Å². The summed E-state index contributed by atoms with van der Waals surface area (Å²) in [5, 5.41) is 12.4. The topological polar surface area (TPSA) is 49.3 Å². The Morgan fingerprint density at radius 2 is 2.38 bits per heavy atom. The smallest absolute Gasteiger partial charge is 0.324 e. The van der Waals surface area contributed by atoms with Gasteiger partial charge < -0.3 is 5.11 Å². The van der Waals surface area contributed by atoms with Crippen LogP contribution in [0.15, 0.2) is 0 Å². The van der Waals surface area contributed by atoms with Gasteiger partial charge in [-0.25, -0.2) is 0 Å². The van der Waals surface area contributed by atoms with Gasteiger partial charge in [-0.3, -0.25) is 10.1 Å². The predicted molar refractivity (Wildman–Crippen MR) is 53.0 cm³/mol. The van der Waals surface area contributed by atoms with Crippen LogP contribution in [0.2, 0.25) is 0 Å². The van der Waals surface area contributed by atoms with Crippen LogP contribution in [-0.2, 0) is 4.79 Å². The molecule has 2 aliphatic rings. The third kappa shape index (κ3) is 1.70. The van der Waals surface area contributed by atoms with Crippen LogP contribution in [0.4, 0.5) is 0 Å². The average molecular weight is 201 g/mol. The molecule has 3 atom stereocenters. The summed E-state index contributed by atoms with van der Waals surface area (Å²) in [6, 6.07) is 0.454. The first-order valence-corrected chi connectivity index (χ1v) is 5.88. The molecular weight excluding hydrogens is 186 g/mol. The second-order valence-corrected chi connectivity index (χ2v) is 5.26. The molecule has 2 rings (SSSR count). The maximum absolute atomic E-state index is 11.1. The Balaban J connectivity index is 2.00. The highest BCUT2D eigenvalue weighted by molar-refractivity contribution is 7.99. The van der Waals surface area contributed by atoms with Crippen LogP contribution in [0.25, 0.3) is 0 Å². The van der Waals surface area contributed by atoms with E-state index in [9.17, 15) is 4.79 Å². The molecule has 0 aromatic rings. The summed E-state index contributed by atoms with van der Waals surface area (Å²) in [6.45, 7) is 2.16. The van der Waals surface area contributed by atoms with Gasteiger partial charge >= 0.3 is 5.97 Å². The van der Waals surface area contributed by atoms with Gasteiger partial charge in [0, 0.05) is 11.8 Å². The molecule has 1 saturated carbocycles. The predicted octanol–water partition coefficient (Wildman–Crippen LogP) is 0.945. The van der Waals surface area contributed by atoms with Crippen molar-refractivity contribution < 1.29 is 9.90 Å². The third-order valence-electron chi connectivity index (χ3n) is 3.00. The van der Waals surface area contributed by atoms with Crippen LogP contribution < -0.4 is 5.32 Å². The number of nitrogens with one attached hydrogen (secondary N) is 1. The number of hydrogen-bond donors (Lipinski definition) is 2. The Morgan fingerprint density at radius 1 is 1.69 bits per heavy atom. The summed E-state index contributed by atoms with van der Waals surface area (Å²) in [5.41, 5.74) is -0.611. The minimum Gasteiger partial charge on any atom is -0.480 e. The fourth-order valence-corrected chi connectivity index (χ4v) is 3.12. The summed E-state index contributed by atoms with van der Waals surface area (Å²) >= 11 is 1.74. The third-order valence-corrected chi connectivity index (χ3v) is 4.19. The van der Waals surface area contributed by atoms with Crippen molar-refractivity contribution in [2.24, 2.45) is 5.92 Å². The van der Waals surface area contributed by atoms with Crippen LogP contribution >= 0.6 is 11.8 Å². The molecule has 74 valence electrons. The monoisotopic (exact) mass is 201 g/mol. The number of carbonyl (C=O) groups is 1. The van der Waals surface area contributed by atoms with Crippen molar-refractivity contribution in [3.63, 3.8) is 0 Å². The van der Waals surface area contributed by atoms with Crippen LogP contribution in [0.5, 0.6) is 0 Å². The molecule has 0 aromatic carbocycles.